The summed E-state index contributed by atoms with van der Waals surface area (Å²) >= 11 is 1.67. The highest BCUT2D eigenvalue weighted by Gasteiger charge is 2.54. The van der Waals surface area contributed by atoms with Gasteiger partial charge in [-0.25, -0.2) is 4.68 Å². The summed E-state index contributed by atoms with van der Waals surface area (Å²) in [6.45, 7) is 1.61. The molecule has 6 rings (SSSR count). The zero-order valence-corrected chi connectivity index (χ0v) is 15.5. The molecule has 138 valence electrons. The van der Waals surface area contributed by atoms with E-state index in [-0.39, 0.29) is 11.7 Å². The maximum Gasteiger partial charge on any atom is 0.209 e. The zero-order chi connectivity index (χ0) is 16.9. The molecule has 5 fully saturated rings. The fraction of sp³-hybridized carbons (Fsp3) is 0.889. The Morgan fingerprint density at radius 3 is 2.32 bits per heavy atom. The molecule has 1 aliphatic heterocycles. The molecule has 4 aliphatic carbocycles. The summed E-state index contributed by atoms with van der Waals surface area (Å²) in [7, 11) is 0. The molecule has 0 amide bonds. The van der Waals surface area contributed by atoms with E-state index >= 15 is 0 Å². The number of ether oxygens (including phenoxy) is 2. The monoisotopic (exact) mass is 364 g/mol. The van der Waals surface area contributed by atoms with Crippen molar-refractivity contribution in [2.75, 3.05) is 24.8 Å². The summed E-state index contributed by atoms with van der Waals surface area (Å²) in [5.41, 5.74) is 0.199. The molecule has 1 saturated heterocycles. The van der Waals surface area contributed by atoms with Crippen LogP contribution in [0, 0.1) is 17.8 Å². The quantitative estimate of drug-likeness (QED) is 0.639. The van der Waals surface area contributed by atoms with Gasteiger partial charge in [0, 0.05) is 17.6 Å². The number of hydrogen-bond acceptors (Lipinski definition) is 6. The fourth-order valence-electron chi connectivity index (χ4n) is 6.07. The van der Waals surface area contributed by atoms with Crippen LogP contribution in [0.3, 0.4) is 0 Å². The summed E-state index contributed by atoms with van der Waals surface area (Å²) in [6.07, 6.45) is 9.88. The van der Waals surface area contributed by atoms with Crippen LogP contribution in [0.5, 0.6) is 0 Å². The SMILES string of the molecule is Nn1c(SCCC2OCCCO2)nnc1C12CC3CC(CC(C3)C1)C2. The first-order valence-electron chi connectivity index (χ1n) is 9.79. The number of thioether (sulfide) groups is 1. The van der Waals surface area contributed by atoms with Gasteiger partial charge in [0.1, 0.15) is 0 Å². The van der Waals surface area contributed by atoms with E-state index in [4.69, 9.17) is 15.3 Å². The van der Waals surface area contributed by atoms with E-state index < -0.39 is 0 Å². The first-order valence-corrected chi connectivity index (χ1v) is 10.8. The lowest BCUT2D eigenvalue weighted by molar-refractivity contribution is -0.178. The Balaban J connectivity index is 1.26. The largest absolute Gasteiger partial charge is 0.353 e. The summed E-state index contributed by atoms with van der Waals surface area (Å²) in [6, 6.07) is 0. The molecule has 5 aliphatic rings. The van der Waals surface area contributed by atoms with E-state index in [1.807, 2.05) is 0 Å². The van der Waals surface area contributed by atoms with Crippen LogP contribution in [0.1, 0.15) is 57.2 Å². The number of nitrogen functional groups attached to an aromatic ring is 1. The Morgan fingerprint density at radius 1 is 1.04 bits per heavy atom. The molecule has 0 radical (unpaired) electrons. The summed E-state index contributed by atoms with van der Waals surface area (Å²) in [5, 5.41) is 9.84. The Kier molecular flexibility index (Phi) is 4.21. The normalized spacial score (nSPS) is 37.7. The molecule has 2 heterocycles. The summed E-state index contributed by atoms with van der Waals surface area (Å²) < 4.78 is 13.0. The highest BCUT2D eigenvalue weighted by molar-refractivity contribution is 7.99. The molecule has 1 aromatic rings. The highest BCUT2D eigenvalue weighted by Crippen LogP contribution is 2.60. The van der Waals surface area contributed by atoms with E-state index in [2.05, 4.69) is 10.2 Å². The number of aromatic nitrogens is 3. The molecule has 25 heavy (non-hydrogen) atoms. The Bertz CT molecular complexity index is 593. The van der Waals surface area contributed by atoms with Crippen molar-refractivity contribution >= 4 is 11.8 Å². The Morgan fingerprint density at radius 2 is 1.68 bits per heavy atom. The molecule has 2 N–H and O–H groups in total. The third-order valence-electron chi connectivity index (χ3n) is 6.66. The van der Waals surface area contributed by atoms with E-state index in [1.54, 1.807) is 16.4 Å². The van der Waals surface area contributed by atoms with Crippen LogP contribution in [0.2, 0.25) is 0 Å². The molecule has 4 saturated carbocycles. The van der Waals surface area contributed by atoms with Gasteiger partial charge in [-0.2, -0.15) is 0 Å². The number of hydrogen-bond donors (Lipinski definition) is 1. The average Bonchev–Trinajstić information content (AvgIpc) is 2.96. The zero-order valence-electron chi connectivity index (χ0n) is 14.7. The predicted octanol–water partition coefficient (Wildman–Crippen LogP) is 2.70. The van der Waals surface area contributed by atoms with Crippen molar-refractivity contribution in [3.05, 3.63) is 5.82 Å². The Labute approximate surface area is 153 Å². The standard InChI is InChI=1S/C18H28N4O2S/c19-22-16(18-9-12-6-13(10-18)8-14(7-12)11-18)20-21-17(22)25-5-2-15-23-3-1-4-24-15/h12-15H,1-11,19H2. The topological polar surface area (TPSA) is 75.2 Å². The van der Waals surface area contributed by atoms with Crippen LogP contribution in [-0.2, 0) is 14.9 Å². The molecule has 0 aromatic carbocycles. The highest BCUT2D eigenvalue weighted by atomic mass is 32.2. The lowest BCUT2D eigenvalue weighted by atomic mass is 9.49. The molecule has 6 nitrogen and oxygen atoms in total. The van der Waals surface area contributed by atoms with Crippen molar-refractivity contribution < 1.29 is 9.47 Å². The summed E-state index contributed by atoms with van der Waals surface area (Å²) in [5.74, 6) is 11.0. The van der Waals surface area contributed by atoms with Crippen molar-refractivity contribution in [2.24, 2.45) is 17.8 Å². The fourth-order valence-corrected chi connectivity index (χ4v) is 6.89. The molecule has 1 aromatic heterocycles. The molecule has 0 unspecified atom stereocenters. The van der Waals surface area contributed by atoms with Gasteiger partial charge < -0.3 is 15.3 Å². The van der Waals surface area contributed by atoms with Gasteiger partial charge in [0.2, 0.25) is 5.16 Å². The van der Waals surface area contributed by atoms with Crippen molar-refractivity contribution in [1.82, 2.24) is 14.9 Å². The van der Waals surface area contributed by atoms with Gasteiger partial charge in [-0.15, -0.1) is 10.2 Å². The van der Waals surface area contributed by atoms with Gasteiger partial charge in [-0.1, -0.05) is 11.8 Å². The molecule has 0 atom stereocenters. The summed E-state index contributed by atoms with van der Waals surface area (Å²) in [4.78, 5) is 0. The van der Waals surface area contributed by atoms with E-state index in [9.17, 15) is 0 Å². The molecular formula is C18H28N4O2S. The maximum absolute atomic E-state index is 6.45. The number of nitrogens with two attached hydrogens (primary N) is 1. The maximum atomic E-state index is 6.45. The smallest absolute Gasteiger partial charge is 0.209 e. The van der Waals surface area contributed by atoms with Crippen LogP contribution < -0.4 is 5.84 Å². The van der Waals surface area contributed by atoms with Crippen molar-refractivity contribution in [3.8, 4) is 0 Å². The lowest BCUT2D eigenvalue weighted by Gasteiger charge is -2.55. The van der Waals surface area contributed by atoms with Crippen LogP contribution >= 0.6 is 11.8 Å². The van der Waals surface area contributed by atoms with Gasteiger partial charge >= 0.3 is 0 Å². The van der Waals surface area contributed by atoms with Gasteiger partial charge in [-0.05, 0) is 62.7 Å². The second-order valence-corrected chi connectivity index (χ2v) is 9.60. The second kappa shape index (κ2) is 6.43. The third kappa shape index (κ3) is 2.98. The van der Waals surface area contributed by atoms with E-state index in [0.29, 0.717) is 0 Å². The van der Waals surface area contributed by atoms with E-state index in [1.165, 1.54) is 38.5 Å². The average molecular weight is 365 g/mol. The van der Waals surface area contributed by atoms with Gasteiger partial charge in [0.15, 0.2) is 12.1 Å². The van der Waals surface area contributed by atoms with Gasteiger partial charge in [0.25, 0.3) is 0 Å². The minimum absolute atomic E-state index is 0.0713. The van der Waals surface area contributed by atoms with E-state index in [0.717, 1.165) is 60.5 Å². The van der Waals surface area contributed by atoms with Crippen LogP contribution in [-0.4, -0.2) is 40.1 Å². The minimum atomic E-state index is -0.0713. The Hall–Kier alpha value is -0.790. The lowest BCUT2D eigenvalue weighted by Crippen LogP contribution is -2.50. The molecule has 7 heteroatoms. The van der Waals surface area contributed by atoms with Crippen LogP contribution in [0.25, 0.3) is 0 Å². The number of nitrogens with zero attached hydrogens (tertiary/aromatic N) is 3. The molecule has 4 bridgehead atoms. The van der Waals surface area contributed by atoms with Crippen LogP contribution in [0.15, 0.2) is 5.16 Å². The van der Waals surface area contributed by atoms with Gasteiger partial charge in [0.05, 0.1) is 13.2 Å². The van der Waals surface area contributed by atoms with Crippen LogP contribution in [0.4, 0.5) is 0 Å². The molecule has 0 spiro atoms. The minimum Gasteiger partial charge on any atom is -0.353 e. The van der Waals surface area contributed by atoms with Crippen molar-refractivity contribution in [2.45, 2.75) is 68.2 Å². The van der Waals surface area contributed by atoms with Gasteiger partial charge in [-0.3, -0.25) is 0 Å². The number of rotatable bonds is 5. The first kappa shape index (κ1) is 16.4. The third-order valence-corrected chi connectivity index (χ3v) is 7.63. The van der Waals surface area contributed by atoms with Crippen molar-refractivity contribution in [3.63, 3.8) is 0 Å². The first-order chi connectivity index (χ1) is 12.2. The molecular weight excluding hydrogens is 336 g/mol. The predicted molar refractivity (Wildman–Crippen MR) is 95.7 cm³/mol. The second-order valence-electron chi connectivity index (χ2n) is 8.54. The van der Waals surface area contributed by atoms with Crippen molar-refractivity contribution in [1.29, 1.82) is 0 Å².